The van der Waals surface area contributed by atoms with Crippen LogP contribution in [0.5, 0.6) is 0 Å². The molecule has 4 nitrogen and oxygen atoms in total. The molecule has 0 aliphatic rings. The molecule has 1 atom stereocenters. The third-order valence-corrected chi connectivity index (χ3v) is 5.22. The largest absolute Gasteiger partial charge is 0.321 e. The van der Waals surface area contributed by atoms with Gasteiger partial charge in [0.2, 0.25) is 0 Å². The third kappa shape index (κ3) is 3.50. The molecule has 1 heterocycles. The predicted molar refractivity (Wildman–Crippen MR) is 115 cm³/mol. The van der Waals surface area contributed by atoms with E-state index in [2.05, 4.69) is 82.3 Å². The van der Waals surface area contributed by atoms with Crippen molar-refractivity contribution in [3.63, 3.8) is 0 Å². The highest BCUT2D eigenvalue weighted by atomic mass is 16.1. The molecule has 2 N–H and O–H groups in total. The molecular weight excluding hydrogens is 358 g/mol. The summed E-state index contributed by atoms with van der Waals surface area (Å²) in [6.07, 6.45) is 5.00. The Morgan fingerprint density at radius 1 is 0.828 bits per heavy atom. The van der Waals surface area contributed by atoms with Gasteiger partial charge in [-0.25, -0.2) is 4.98 Å². The van der Waals surface area contributed by atoms with Gasteiger partial charge in [-0.1, -0.05) is 91.0 Å². The van der Waals surface area contributed by atoms with Crippen molar-refractivity contribution >= 4 is 6.29 Å². The van der Waals surface area contributed by atoms with Crippen molar-refractivity contribution in [2.45, 2.75) is 18.0 Å². The predicted octanol–water partition coefficient (Wildman–Crippen LogP) is 3.79. The molecule has 4 heteroatoms. The van der Waals surface area contributed by atoms with Crippen LogP contribution in [0.4, 0.5) is 0 Å². The highest BCUT2D eigenvalue weighted by Gasteiger charge is 2.38. The van der Waals surface area contributed by atoms with Gasteiger partial charge < -0.3 is 15.1 Å². The standard InChI is InChI=1S/C25H23N3O/c26-23(18-29)16-24-17-28(19-27-24)25(20-10-4-1-5-11-20,21-12-6-2-7-13-21)22-14-8-3-9-15-22/h1-15,17-19,23H,16,26H2/t23-/m0/s1. The summed E-state index contributed by atoms with van der Waals surface area (Å²) < 4.78 is 2.12. The average Bonchev–Trinajstić information content (AvgIpc) is 3.25. The number of hydrogen-bond donors (Lipinski definition) is 1. The second kappa shape index (κ2) is 8.25. The maximum Gasteiger partial charge on any atom is 0.137 e. The molecule has 3 aromatic carbocycles. The van der Waals surface area contributed by atoms with Gasteiger partial charge in [-0.15, -0.1) is 0 Å². The molecule has 29 heavy (non-hydrogen) atoms. The van der Waals surface area contributed by atoms with E-state index in [4.69, 9.17) is 5.73 Å². The van der Waals surface area contributed by atoms with Crippen LogP contribution in [0.3, 0.4) is 0 Å². The summed E-state index contributed by atoms with van der Waals surface area (Å²) in [6, 6.07) is 30.6. The summed E-state index contributed by atoms with van der Waals surface area (Å²) in [7, 11) is 0. The molecule has 0 bridgehead atoms. The van der Waals surface area contributed by atoms with Crippen molar-refractivity contribution in [2.75, 3.05) is 0 Å². The van der Waals surface area contributed by atoms with E-state index >= 15 is 0 Å². The summed E-state index contributed by atoms with van der Waals surface area (Å²) in [5.74, 6) is 0. The maximum absolute atomic E-state index is 11.0. The van der Waals surface area contributed by atoms with Crippen molar-refractivity contribution < 1.29 is 4.79 Å². The van der Waals surface area contributed by atoms with Crippen molar-refractivity contribution in [1.82, 2.24) is 9.55 Å². The van der Waals surface area contributed by atoms with Gasteiger partial charge >= 0.3 is 0 Å². The van der Waals surface area contributed by atoms with E-state index in [1.165, 1.54) is 0 Å². The van der Waals surface area contributed by atoms with Gasteiger partial charge in [-0.05, 0) is 16.7 Å². The topological polar surface area (TPSA) is 60.9 Å². The van der Waals surface area contributed by atoms with Crippen LogP contribution in [0.2, 0.25) is 0 Å². The lowest BCUT2D eigenvalue weighted by Crippen LogP contribution is -2.37. The molecule has 144 valence electrons. The summed E-state index contributed by atoms with van der Waals surface area (Å²) in [4.78, 5) is 15.6. The van der Waals surface area contributed by atoms with Crippen LogP contribution in [-0.2, 0) is 16.8 Å². The van der Waals surface area contributed by atoms with E-state index in [0.717, 1.165) is 28.7 Å². The van der Waals surface area contributed by atoms with Gasteiger partial charge in [0, 0.05) is 12.6 Å². The fraction of sp³-hybridized carbons (Fsp3) is 0.120. The highest BCUT2D eigenvalue weighted by Crippen LogP contribution is 2.40. The first kappa shape index (κ1) is 18.8. The number of hydrogen-bond acceptors (Lipinski definition) is 3. The quantitative estimate of drug-likeness (QED) is 0.391. The van der Waals surface area contributed by atoms with E-state index in [1.54, 1.807) is 0 Å². The van der Waals surface area contributed by atoms with Crippen molar-refractivity contribution in [2.24, 2.45) is 5.73 Å². The van der Waals surface area contributed by atoms with Gasteiger partial charge in [0.1, 0.15) is 11.8 Å². The number of imidazole rings is 1. The first-order chi connectivity index (χ1) is 14.2. The van der Waals surface area contributed by atoms with Gasteiger partial charge in [-0.2, -0.15) is 0 Å². The number of carbonyl (C=O) groups excluding carboxylic acids is 1. The van der Waals surface area contributed by atoms with Crippen LogP contribution in [-0.4, -0.2) is 21.9 Å². The molecule has 0 aliphatic heterocycles. The van der Waals surface area contributed by atoms with Crippen LogP contribution in [0.25, 0.3) is 0 Å². The van der Waals surface area contributed by atoms with Crippen LogP contribution >= 0.6 is 0 Å². The zero-order chi connectivity index (χ0) is 20.1. The summed E-state index contributed by atoms with van der Waals surface area (Å²) in [5.41, 5.74) is 9.41. The van der Waals surface area contributed by atoms with E-state index in [-0.39, 0.29) is 0 Å². The number of carbonyl (C=O) groups is 1. The third-order valence-electron chi connectivity index (χ3n) is 5.22. The lowest BCUT2D eigenvalue weighted by molar-refractivity contribution is -0.108. The Morgan fingerprint density at radius 3 is 1.69 bits per heavy atom. The van der Waals surface area contributed by atoms with Gasteiger partial charge in [0.05, 0.1) is 18.1 Å². The molecule has 0 radical (unpaired) electrons. The molecule has 0 saturated heterocycles. The van der Waals surface area contributed by atoms with E-state index in [0.29, 0.717) is 6.42 Å². The molecule has 0 fully saturated rings. The second-order valence-corrected chi connectivity index (χ2v) is 7.08. The van der Waals surface area contributed by atoms with Crippen molar-refractivity contribution in [3.05, 3.63) is 126 Å². The molecule has 1 aromatic heterocycles. The second-order valence-electron chi connectivity index (χ2n) is 7.08. The normalized spacial score (nSPS) is 12.4. The monoisotopic (exact) mass is 381 g/mol. The SMILES string of the molecule is N[C@H](C=O)Cc1cn(C(c2ccccc2)(c2ccccc2)c2ccccc2)cn1. The Balaban J connectivity index is 2.00. The van der Waals surface area contributed by atoms with Gasteiger partial charge in [-0.3, -0.25) is 0 Å². The zero-order valence-electron chi connectivity index (χ0n) is 16.1. The Labute approximate surface area is 170 Å². The molecule has 4 aromatic rings. The molecular formula is C25H23N3O. The lowest BCUT2D eigenvalue weighted by Gasteiger charge is -2.37. The van der Waals surface area contributed by atoms with Crippen LogP contribution in [0, 0.1) is 0 Å². The lowest BCUT2D eigenvalue weighted by atomic mass is 9.77. The van der Waals surface area contributed by atoms with Crippen LogP contribution in [0.15, 0.2) is 104 Å². The molecule has 0 aliphatic carbocycles. The average molecular weight is 381 g/mol. The molecule has 0 amide bonds. The first-order valence-corrected chi connectivity index (χ1v) is 9.66. The molecule has 0 spiro atoms. The van der Waals surface area contributed by atoms with Crippen molar-refractivity contribution in [3.8, 4) is 0 Å². The summed E-state index contributed by atoms with van der Waals surface area (Å²) >= 11 is 0. The number of nitrogens with zero attached hydrogens (tertiary/aromatic N) is 2. The minimum absolute atomic E-state index is 0.408. The minimum Gasteiger partial charge on any atom is -0.321 e. The van der Waals surface area contributed by atoms with Crippen molar-refractivity contribution in [1.29, 1.82) is 0 Å². The fourth-order valence-corrected chi connectivity index (χ4v) is 3.93. The summed E-state index contributed by atoms with van der Waals surface area (Å²) in [6.45, 7) is 0. The maximum atomic E-state index is 11.0. The smallest absolute Gasteiger partial charge is 0.137 e. The minimum atomic E-state index is -0.597. The Morgan fingerprint density at radius 2 is 1.28 bits per heavy atom. The van der Waals surface area contributed by atoms with Crippen LogP contribution in [0.1, 0.15) is 22.4 Å². The molecule has 0 unspecified atom stereocenters. The fourth-order valence-electron chi connectivity index (χ4n) is 3.93. The summed E-state index contributed by atoms with van der Waals surface area (Å²) in [5, 5.41) is 0. The number of aromatic nitrogens is 2. The van der Waals surface area contributed by atoms with Crippen LogP contribution < -0.4 is 5.73 Å². The highest BCUT2D eigenvalue weighted by molar-refractivity contribution is 5.57. The number of nitrogens with two attached hydrogens (primary N) is 1. The zero-order valence-corrected chi connectivity index (χ0v) is 16.1. The van der Waals surface area contributed by atoms with E-state index in [1.807, 2.05) is 30.7 Å². The number of benzene rings is 3. The number of aldehydes is 1. The Kier molecular flexibility index (Phi) is 5.36. The molecule has 4 rings (SSSR count). The van der Waals surface area contributed by atoms with E-state index in [9.17, 15) is 4.79 Å². The Hall–Kier alpha value is -3.50. The van der Waals surface area contributed by atoms with Gasteiger partial charge in [0.15, 0.2) is 0 Å². The molecule has 0 saturated carbocycles. The van der Waals surface area contributed by atoms with Gasteiger partial charge in [0.25, 0.3) is 0 Å². The Bertz CT molecular complexity index is 962. The van der Waals surface area contributed by atoms with E-state index < -0.39 is 11.6 Å². The first-order valence-electron chi connectivity index (χ1n) is 9.66. The number of rotatable bonds is 7.